The summed E-state index contributed by atoms with van der Waals surface area (Å²) in [5, 5.41) is 14.6. The molecule has 1 aromatic rings. The number of carbonyl (C=O) groups is 1. The van der Waals surface area contributed by atoms with Crippen molar-refractivity contribution in [1.29, 1.82) is 0 Å². The van der Waals surface area contributed by atoms with Gasteiger partial charge >= 0.3 is 6.03 Å². The van der Waals surface area contributed by atoms with Gasteiger partial charge < -0.3 is 15.7 Å². The van der Waals surface area contributed by atoms with E-state index < -0.39 is 10.8 Å². The second kappa shape index (κ2) is 7.56. The van der Waals surface area contributed by atoms with Crippen LogP contribution in [-0.2, 0) is 16.6 Å². The van der Waals surface area contributed by atoms with Crippen molar-refractivity contribution in [2.45, 2.75) is 18.6 Å². The van der Waals surface area contributed by atoms with Crippen molar-refractivity contribution in [3.8, 4) is 0 Å². The van der Waals surface area contributed by atoms with E-state index in [9.17, 15) is 9.00 Å². The molecule has 0 saturated heterocycles. The molecule has 1 atom stereocenters. The molecule has 1 saturated carbocycles. The SMILES string of the molecule is O=C(NCCS(=O)Cc1ccccc1)NCC1(CO)CC1. The molecule has 1 aliphatic rings. The lowest BCUT2D eigenvalue weighted by Crippen LogP contribution is -2.41. The minimum atomic E-state index is -0.980. The predicted molar refractivity (Wildman–Crippen MR) is 83.3 cm³/mol. The van der Waals surface area contributed by atoms with Gasteiger partial charge in [0.05, 0.1) is 6.61 Å². The fourth-order valence-corrected chi connectivity index (χ4v) is 3.05. The highest BCUT2D eigenvalue weighted by atomic mass is 32.2. The number of hydrogen-bond donors (Lipinski definition) is 3. The van der Waals surface area contributed by atoms with E-state index in [1.165, 1.54) is 0 Å². The van der Waals surface area contributed by atoms with Crippen molar-refractivity contribution in [2.75, 3.05) is 25.4 Å². The van der Waals surface area contributed by atoms with Crippen molar-refractivity contribution in [3.05, 3.63) is 35.9 Å². The molecule has 0 radical (unpaired) electrons. The van der Waals surface area contributed by atoms with Crippen LogP contribution in [0.3, 0.4) is 0 Å². The van der Waals surface area contributed by atoms with E-state index in [1.54, 1.807) is 0 Å². The van der Waals surface area contributed by atoms with Gasteiger partial charge in [-0.3, -0.25) is 4.21 Å². The topological polar surface area (TPSA) is 78.4 Å². The highest BCUT2D eigenvalue weighted by Gasteiger charge is 2.42. The van der Waals surface area contributed by atoms with E-state index in [4.69, 9.17) is 5.11 Å². The average Bonchev–Trinajstić information content (AvgIpc) is 3.27. The zero-order valence-corrected chi connectivity index (χ0v) is 12.8. The van der Waals surface area contributed by atoms with Gasteiger partial charge in [0.2, 0.25) is 0 Å². The minimum Gasteiger partial charge on any atom is -0.396 e. The first-order chi connectivity index (χ1) is 10.1. The molecule has 5 nitrogen and oxygen atoms in total. The summed E-state index contributed by atoms with van der Waals surface area (Å²) in [4.78, 5) is 11.6. The van der Waals surface area contributed by atoms with Gasteiger partial charge in [-0.1, -0.05) is 30.3 Å². The van der Waals surface area contributed by atoms with Crippen LogP contribution in [0.2, 0.25) is 0 Å². The minimum absolute atomic E-state index is 0.0898. The third kappa shape index (κ3) is 5.47. The van der Waals surface area contributed by atoms with E-state index >= 15 is 0 Å². The lowest BCUT2D eigenvalue weighted by atomic mass is 10.1. The second-order valence-electron chi connectivity index (χ2n) is 5.54. The molecule has 1 fully saturated rings. The molecular formula is C15H22N2O3S. The van der Waals surface area contributed by atoms with Gasteiger partial charge in [-0.05, 0) is 18.4 Å². The van der Waals surface area contributed by atoms with Crippen LogP contribution >= 0.6 is 0 Å². The smallest absolute Gasteiger partial charge is 0.314 e. The summed E-state index contributed by atoms with van der Waals surface area (Å²) in [5.74, 6) is 0.950. The molecule has 1 aliphatic carbocycles. The number of hydrogen-bond acceptors (Lipinski definition) is 3. The Labute approximate surface area is 127 Å². The quantitative estimate of drug-likeness (QED) is 0.670. The Morgan fingerprint density at radius 3 is 2.57 bits per heavy atom. The maximum Gasteiger partial charge on any atom is 0.314 e. The standard InChI is InChI=1S/C15H22N2O3S/c18-12-15(6-7-15)11-17-14(19)16-8-9-21(20)10-13-4-2-1-3-5-13/h1-5,18H,6-12H2,(H2,16,17,19). The van der Waals surface area contributed by atoms with Gasteiger partial charge in [0, 0.05) is 40.8 Å². The normalized spacial score (nSPS) is 17.0. The maximum atomic E-state index is 11.9. The molecule has 0 bridgehead atoms. The lowest BCUT2D eigenvalue weighted by molar-refractivity contribution is 0.203. The van der Waals surface area contributed by atoms with Crippen molar-refractivity contribution < 1.29 is 14.1 Å². The number of urea groups is 1. The molecule has 0 aromatic heterocycles. The zero-order chi connectivity index (χ0) is 15.1. The summed E-state index contributed by atoms with van der Waals surface area (Å²) in [6.45, 7) is 1.01. The Balaban J connectivity index is 1.58. The summed E-state index contributed by atoms with van der Waals surface area (Å²) >= 11 is 0. The van der Waals surface area contributed by atoms with Crippen LogP contribution in [0.25, 0.3) is 0 Å². The first kappa shape index (κ1) is 16.0. The summed E-state index contributed by atoms with van der Waals surface area (Å²) in [5.41, 5.74) is 0.951. The Hall–Kier alpha value is -1.40. The largest absolute Gasteiger partial charge is 0.396 e. The number of amides is 2. The van der Waals surface area contributed by atoms with E-state index in [0.29, 0.717) is 24.6 Å². The molecule has 0 heterocycles. The zero-order valence-electron chi connectivity index (χ0n) is 12.0. The molecule has 116 valence electrons. The maximum absolute atomic E-state index is 11.9. The van der Waals surface area contributed by atoms with Crippen LogP contribution < -0.4 is 10.6 Å². The van der Waals surface area contributed by atoms with Gasteiger partial charge in [-0.2, -0.15) is 0 Å². The van der Waals surface area contributed by atoms with Crippen LogP contribution in [0.15, 0.2) is 30.3 Å². The number of aliphatic hydroxyl groups excluding tert-OH is 1. The van der Waals surface area contributed by atoms with Crippen molar-refractivity contribution in [1.82, 2.24) is 10.6 Å². The van der Waals surface area contributed by atoms with E-state index in [2.05, 4.69) is 10.6 Å². The lowest BCUT2D eigenvalue weighted by Gasteiger charge is -2.13. The van der Waals surface area contributed by atoms with Crippen LogP contribution in [-0.4, -0.2) is 40.8 Å². The van der Waals surface area contributed by atoms with Crippen LogP contribution in [0.1, 0.15) is 18.4 Å². The van der Waals surface area contributed by atoms with Gasteiger partial charge in [0.25, 0.3) is 0 Å². The van der Waals surface area contributed by atoms with E-state index in [1.807, 2.05) is 30.3 Å². The Kier molecular flexibility index (Phi) is 5.76. The summed E-state index contributed by atoms with van der Waals surface area (Å²) in [6, 6.07) is 9.41. The number of benzene rings is 1. The van der Waals surface area contributed by atoms with E-state index in [-0.39, 0.29) is 18.1 Å². The average molecular weight is 310 g/mol. The molecule has 2 rings (SSSR count). The van der Waals surface area contributed by atoms with Crippen molar-refractivity contribution >= 4 is 16.8 Å². The van der Waals surface area contributed by atoms with Crippen molar-refractivity contribution in [3.63, 3.8) is 0 Å². The Morgan fingerprint density at radius 2 is 1.95 bits per heavy atom. The predicted octanol–water partition coefficient (Wildman–Crippen LogP) is 1.01. The third-order valence-electron chi connectivity index (χ3n) is 3.70. The van der Waals surface area contributed by atoms with Gasteiger partial charge in [-0.25, -0.2) is 4.79 Å². The number of nitrogens with one attached hydrogen (secondary N) is 2. The first-order valence-corrected chi connectivity index (χ1v) is 8.64. The highest BCUT2D eigenvalue weighted by molar-refractivity contribution is 7.84. The number of carbonyl (C=O) groups excluding carboxylic acids is 1. The fourth-order valence-electron chi connectivity index (χ4n) is 2.01. The molecule has 3 N–H and O–H groups in total. The van der Waals surface area contributed by atoms with Gasteiger partial charge in [0.15, 0.2) is 0 Å². The van der Waals surface area contributed by atoms with Gasteiger partial charge in [-0.15, -0.1) is 0 Å². The molecule has 0 aliphatic heterocycles. The van der Waals surface area contributed by atoms with Crippen LogP contribution in [0, 0.1) is 5.41 Å². The fraction of sp³-hybridized carbons (Fsp3) is 0.533. The molecule has 1 unspecified atom stereocenters. The second-order valence-corrected chi connectivity index (χ2v) is 7.12. The van der Waals surface area contributed by atoms with Crippen LogP contribution in [0.5, 0.6) is 0 Å². The van der Waals surface area contributed by atoms with Gasteiger partial charge in [0.1, 0.15) is 0 Å². The molecule has 0 spiro atoms. The summed E-state index contributed by atoms with van der Waals surface area (Å²) < 4.78 is 11.9. The molecule has 2 amide bonds. The molecule has 21 heavy (non-hydrogen) atoms. The van der Waals surface area contributed by atoms with Crippen LogP contribution in [0.4, 0.5) is 4.79 Å². The monoisotopic (exact) mass is 310 g/mol. The Bertz CT molecular complexity index is 489. The number of aliphatic hydroxyl groups is 1. The highest BCUT2D eigenvalue weighted by Crippen LogP contribution is 2.44. The summed E-state index contributed by atoms with van der Waals surface area (Å²) in [6.07, 6.45) is 1.93. The molecule has 1 aromatic carbocycles. The van der Waals surface area contributed by atoms with E-state index in [0.717, 1.165) is 18.4 Å². The third-order valence-corrected chi connectivity index (χ3v) is 5.02. The molecular weight excluding hydrogens is 288 g/mol. The Morgan fingerprint density at radius 1 is 1.24 bits per heavy atom. The first-order valence-electron chi connectivity index (χ1n) is 7.15. The molecule has 6 heteroatoms. The summed E-state index contributed by atoms with van der Waals surface area (Å²) in [7, 11) is -0.980. The van der Waals surface area contributed by atoms with Crippen molar-refractivity contribution in [2.24, 2.45) is 5.41 Å². The number of rotatable bonds is 8.